The number of benzene rings is 1. The van der Waals surface area contributed by atoms with Gasteiger partial charge in [0.05, 0.1) is 0 Å². The summed E-state index contributed by atoms with van der Waals surface area (Å²) in [7, 11) is 0. The van der Waals surface area contributed by atoms with Crippen molar-refractivity contribution in [3.63, 3.8) is 0 Å². The van der Waals surface area contributed by atoms with Gasteiger partial charge in [-0.1, -0.05) is 17.7 Å². The second-order valence-corrected chi connectivity index (χ2v) is 4.92. The minimum atomic E-state index is 0.804. The summed E-state index contributed by atoms with van der Waals surface area (Å²) in [6.07, 6.45) is 3.86. The Kier molecular flexibility index (Phi) is 3.66. The van der Waals surface area contributed by atoms with E-state index in [1.807, 2.05) is 6.07 Å². The average Bonchev–Trinajstić information content (AvgIpc) is 2.24. The molecule has 1 N–H and O–H groups in total. The van der Waals surface area contributed by atoms with Crippen molar-refractivity contribution < 1.29 is 0 Å². The Morgan fingerprint density at radius 2 is 2.33 bits per heavy atom. The maximum atomic E-state index is 5.95. The average molecular weight is 224 g/mol. The lowest BCUT2D eigenvalue weighted by Gasteiger charge is -2.23. The zero-order valence-electron chi connectivity index (χ0n) is 9.22. The van der Waals surface area contributed by atoms with E-state index in [1.165, 1.54) is 43.5 Å². The van der Waals surface area contributed by atoms with Crippen molar-refractivity contribution in [3.05, 3.63) is 34.3 Å². The Morgan fingerprint density at radius 3 is 3.00 bits per heavy atom. The molecule has 1 atom stereocenters. The molecule has 1 nitrogen and oxygen atoms in total. The molecule has 2 heteroatoms. The summed E-state index contributed by atoms with van der Waals surface area (Å²) < 4.78 is 0. The van der Waals surface area contributed by atoms with Crippen LogP contribution in [0.25, 0.3) is 0 Å². The summed E-state index contributed by atoms with van der Waals surface area (Å²) in [5, 5.41) is 4.31. The lowest BCUT2D eigenvalue weighted by molar-refractivity contribution is 0.375. The van der Waals surface area contributed by atoms with E-state index in [2.05, 4.69) is 24.4 Å². The topological polar surface area (TPSA) is 12.0 Å². The standard InChI is InChI=1S/C13H18ClN/c1-10-7-13(14)5-4-12(10)8-11-3-2-6-15-9-11/h4-5,7,11,15H,2-3,6,8-9H2,1H3. The fraction of sp³-hybridized carbons (Fsp3) is 0.538. The number of piperidine rings is 1. The summed E-state index contributed by atoms with van der Waals surface area (Å²) in [4.78, 5) is 0. The van der Waals surface area contributed by atoms with Gasteiger partial charge < -0.3 is 5.32 Å². The maximum Gasteiger partial charge on any atom is 0.0408 e. The highest BCUT2D eigenvalue weighted by Gasteiger charge is 2.14. The van der Waals surface area contributed by atoms with Gasteiger partial charge in [-0.25, -0.2) is 0 Å². The zero-order valence-corrected chi connectivity index (χ0v) is 9.98. The van der Waals surface area contributed by atoms with Crippen molar-refractivity contribution in [2.45, 2.75) is 26.2 Å². The van der Waals surface area contributed by atoms with E-state index >= 15 is 0 Å². The van der Waals surface area contributed by atoms with Crippen LogP contribution in [0.15, 0.2) is 18.2 Å². The molecule has 1 heterocycles. The number of rotatable bonds is 2. The smallest absolute Gasteiger partial charge is 0.0408 e. The van der Waals surface area contributed by atoms with Gasteiger partial charge in [0.15, 0.2) is 0 Å². The molecule has 0 amide bonds. The minimum absolute atomic E-state index is 0.804. The highest BCUT2D eigenvalue weighted by molar-refractivity contribution is 6.30. The van der Waals surface area contributed by atoms with Gasteiger partial charge in [-0.3, -0.25) is 0 Å². The molecule has 0 spiro atoms. The molecule has 0 aromatic heterocycles. The summed E-state index contributed by atoms with van der Waals surface area (Å²) in [6, 6.07) is 6.24. The van der Waals surface area contributed by atoms with Crippen LogP contribution < -0.4 is 5.32 Å². The molecule has 0 aliphatic carbocycles. The monoisotopic (exact) mass is 223 g/mol. The van der Waals surface area contributed by atoms with E-state index in [9.17, 15) is 0 Å². The van der Waals surface area contributed by atoms with E-state index in [0.717, 1.165) is 10.9 Å². The van der Waals surface area contributed by atoms with Crippen LogP contribution >= 0.6 is 11.6 Å². The van der Waals surface area contributed by atoms with Crippen molar-refractivity contribution in [3.8, 4) is 0 Å². The van der Waals surface area contributed by atoms with E-state index in [1.54, 1.807) is 0 Å². The second-order valence-electron chi connectivity index (χ2n) is 4.49. The maximum absolute atomic E-state index is 5.95. The first kappa shape index (κ1) is 11.0. The second kappa shape index (κ2) is 5.00. The number of aryl methyl sites for hydroxylation is 1. The molecule has 0 radical (unpaired) electrons. The van der Waals surface area contributed by atoms with Gasteiger partial charge in [0, 0.05) is 5.02 Å². The quantitative estimate of drug-likeness (QED) is 0.812. The molecule has 0 saturated carbocycles. The van der Waals surface area contributed by atoms with Crippen LogP contribution in [0.5, 0.6) is 0 Å². The zero-order chi connectivity index (χ0) is 10.7. The van der Waals surface area contributed by atoms with Gasteiger partial charge in [-0.15, -0.1) is 0 Å². The molecular weight excluding hydrogens is 206 g/mol. The fourth-order valence-electron chi connectivity index (χ4n) is 2.30. The van der Waals surface area contributed by atoms with Gasteiger partial charge in [0.2, 0.25) is 0 Å². The highest BCUT2D eigenvalue weighted by atomic mass is 35.5. The van der Waals surface area contributed by atoms with Crippen molar-refractivity contribution in [1.29, 1.82) is 0 Å². The Morgan fingerprint density at radius 1 is 1.47 bits per heavy atom. The summed E-state index contributed by atoms with van der Waals surface area (Å²) in [5.74, 6) is 0.804. The number of halogens is 1. The first-order valence-corrected chi connectivity index (χ1v) is 6.09. The molecule has 1 saturated heterocycles. The lowest BCUT2D eigenvalue weighted by atomic mass is 9.90. The van der Waals surface area contributed by atoms with Crippen molar-refractivity contribution in [2.24, 2.45) is 5.92 Å². The first-order valence-electron chi connectivity index (χ1n) is 5.71. The third-order valence-electron chi connectivity index (χ3n) is 3.21. The summed E-state index contributed by atoms with van der Waals surface area (Å²) >= 11 is 5.95. The molecule has 1 unspecified atom stereocenters. The van der Waals surface area contributed by atoms with E-state index in [-0.39, 0.29) is 0 Å². The van der Waals surface area contributed by atoms with Crippen molar-refractivity contribution >= 4 is 11.6 Å². The molecule has 2 rings (SSSR count). The molecule has 82 valence electrons. The van der Waals surface area contributed by atoms with Gasteiger partial charge in [0.25, 0.3) is 0 Å². The third-order valence-corrected chi connectivity index (χ3v) is 3.45. The van der Waals surface area contributed by atoms with Gasteiger partial charge in [0.1, 0.15) is 0 Å². The highest BCUT2D eigenvalue weighted by Crippen LogP contribution is 2.21. The van der Waals surface area contributed by atoms with Gasteiger partial charge in [-0.2, -0.15) is 0 Å². The minimum Gasteiger partial charge on any atom is -0.316 e. The van der Waals surface area contributed by atoms with E-state index in [0.29, 0.717) is 0 Å². The van der Waals surface area contributed by atoms with Crippen LogP contribution in [0.4, 0.5) is 0 Å². The predicted octanol–water partition coefficient (Wildman–Crippen LogP) is 3.19. The first-order chi connectivity index (χ1) is 7.25. The SMILES string of the molecule is Cc1cc(Cl)ccc1CC1CCCNC1. The molecule has 1 fully saturated rings. The lowest BCUT2D eigenvalue weighted by Crippen LogP contribution is -2.30. The van der Waals surface area contributed by atoms with Crippen LogP contribution in [0, 0.1) is 12.8 Å². The molecule has 0 bridgehead atoms. The van der Waals surface area contributed by atoms with E-state index in [4.69, 9.17) is 11.6 Å². The van der Waals surface area contributed by atoms with Crippen LogP contribution in [-0.4, -0.2) is 13.1 Å². The van der Waals surface area contributed by atoms with E-state index < -0.39 is 0 Å². The normalized spacial score (nSPS) is 21.6. The van der Waals surface area contributed by atoms with Gasteiger partial charge in [-0.05, 0) is 68.5 Å². The van der Waals surface area contributed by atoms with Crippen LogP contribution in [0.2, 0.25) is 5.02 Å². The van der Waals surface area contributed by atoms with Gasteiger partial charge >= 0.3 is 0 Å². The van der Waals surface area contributed by atoms with Crippen LogP contribution in [-0.2, 0) is 6.42 Å². The van der Waals surface area contributed by atoms with Crippen LogP contribution in [0.3, 0.4) is 0 Å². The number of hydrogen-bond donors (Lipinski definition) is 1. The van der Waals surface area contributed by atoms with Crippen molar-refractivity contribution in [2.75, 3.05) is 13.1 Å². The Balaban J connectivity index is 2.03. The fourth-order valence-corrected chi connectivity index (χ4v) is 2.52. The van der Waals surface area contributed by atoms with Crippen LogP contribution in [0.1, 0.15) is 24.0 Å². The number of nitrogens with one attached hydrogen (secondary N) is 1. The Hall–Kier alpha value is -0.530. The Labute approximate surface area is 96.8 Å². The molecule has 15 heavy (non-hydrogen) atoms. The summed E-state index contributed by atoms with van der Waals surface area (Å²) in [5.41, 5.74) is 2.78. The molecule has 1 aliphatic heterocycles. The number of hydrogen-bond acceptors (Lipinski definition) is 1. The molecule has 1 aromatic rings. The Bertz CT molecular complexity index is 329. The molecule has 1 aliphatic rings. The molecular formula is C13H18ClN. The van der Waals surface area contributed by atoms with Crippen molar-refractivity contribution in [1.82, 2.24) is 5.32 Å². The third kappa shape index (κ3) is 2.96. The largest absolute Gasteiger partial charge is 0.316 e. The predicted molar refractivity (Wildman–Crippen MR) is 65.5 cm³/mol. The molecule has 1 aromatic carbocycles. The summed E-state index contributed by atoms with van der Waals surface area (Å²) in [6.45, 7) is 4.51.